The molecule has 0 unspecified atom stereocenters. The number of carboxylic acid groups (broad SMARTS) is 1. The predicted molar refractivity (Wildman–Crippen MR) is 47.7 cm³/mol. The van der Waals surface area contributed by atoms with E-state index in [1.807, 2.05) is 6.08 Å². The molecule has 4 nitrogen and oxygen atoms in total. The Morgan fingerprint density at radius 2 is 2.17 bits per heavy atom. The summed E-state index contributed by atoms with van der Waals surface area (Å²) in [6, 6.07) is 0. The highest BCUT2D eigenvalue weighted by Gasteiger charge is 2.25. The number of aliphatic carboxylic acids is 1. The number of carbonyl (C=O) groups is 1. The Hall–Kier alpha value is -0.870. The first-order chi connectivity index (χ1) is 5.50. The maximum absolute atomic E-state index is 10.5. The van der Waals surface area contributed by atoms with Crippen molar-refractivity contribution in [3.05, 3.63) is 12.2 Å². The lowest BCUT2D eigenvalue weighted by Crippen LogP contribution is -2.44. The molecule has 4 heteroatoms. The van der Waals surface area contributed by atoms with Gasteiger partial charge in [-0.1, -0.05) is 12.2 Å². The molecule has 0 fully saturated rings. The third-order valence-electron chi connectivity index (χ3n) is 1.53. The third-order valence-corrected chi connectivity index (χ3v) is 1.53. The molecule has 0 amide bonds. The van der Waals surface area contributed by atoms with Crippen LogP contribution in [0.2, 0.25) is 0 Å². The molecule has 0 aliphatic rings. The van der Waals surface area contributed by atoms with Gasteiger partial charge >= 0.3 is 5.97 Å². The van der Waals surface area contributed by atoms with E-state index in [0.717, 1.165) is 6.42 Å². The Bertz CT molecular complexity index is 176. The Kier molecular flexibility index (Phi) is 4.54. The van der Waals surface area contributed by atoms with E-state index in [2.05, 4.69) is 0 Å². The van der Waals surface area contributed by atoms with Crippen molar-refractivity contribution in [2.24, 2.45) is 11.5 Å². The molecule has 0 radical (unpaired) electrons. The monoisotopic (exact) mass is 172 g/mol. The van der Waals surface area contributed by atoms with Gasteiger partial charge in [0.15, 0.2) is 0 Å². The van der Waals surface area contributed by atoms with Gasteiger partial charge in [-0.05, 0) is 26.3 Å². The molecular weight excluding hydrogens is 156 g/mol. The van der Waals surface area contributed by atoms with Crippen molar-refractivity contribution in [2.45, 2.75) is 25.3 Å². The lowest BCUT2D eigenvalue weighted by molar-refractivity contribution is -0.142. The second-order valence-electron chi connectivity index (χ2n) is 2.98. The first kappa shape index (κ1) is 11.1. The second-order valence-corrected chi connectivity index (χ2v) is 2.98. The Morgan fingerprint density at radius 1 is 1.58 bits per heavy atom. The zero-order chi connectivity index (χ0) is 9.61. The summed E-state index contributed by atoms with van der Waals surface area (Å²) in [5, 5.41) is 8.61. The predicted octanol–water partition coefficient (Wildman–Crippen LogP) is 0.0835. The molecule has 0 saturated heterocycles. The molecule has 12 heavy (non-hydrogen) atoms. The molecule has 0 rings (SSSR count). The Morgan fingerprint density at radius 3 is 2.58 bits per heavy atom. The van der Waals surface area contributed by atoms with Gasteiger partial charge in [0.1, 0.15) is 5.54 Å². The highest BCUT2D eigenvalue weighted by atomic mass is 16.4. The molecule has 0 heterocycles. The van der Waals surface area contributed by atoms with E-state index < -0.39 is 11.5 Å². The fourth-order valence-corrected chi connectivity index (χ4v) is 0.630. The quantitative estimate of drug-likeness (QED) is 0.512. The van der Waals surface area contributed by atoms with E-state index in [0.29, 0.717) is 13.0 Å². The van der Waals surface area contributed by atoms with Crippen LogP contribution in [0.4, 0.5) is 0 Å². The summed E-state index contributed by atoms with van der Waals surface area (Å²) in [5.41, 5.74) is 9.54. The number of hydrogen-bond donors (Lipinski definition) is 3. The van der Waals surface area contributed by atoms with Gasteiger partial charge in [-0.25, -0.2) is 0 Å². The van der Waals surface area contributed by atoms with Crippen LogP contribution < -0.4 is 11.5 Å². The van der Waals surface area contributed by atoms with Gasteiger partial charge in [0, 0.05) is 0 Å². The van der Waals surface area contributed by atoms with Gasteiger partial charge in [0.05, 0.1) is 0 Å². The fourth-order valence-electron chi connectivity index (χ4n) is 0.630. The molecule has 0 aromatic carbocycles. The van der Waals surface area contributed by atoms with Crippen LogP contribution in [-0.2, 0) is 4.79 Å². The third kappa shape index (κ3) is 4.10. The average Bonchev–Trinajstić information content (AvgIpc) is 1.98. The SMILES string of the molecule is C[C@](N)(C/C=C/CCN)C(=O)O. The summed E-state index contributed by atoms with van der Waals surface area (Å²) in [6.45, 7) is 2.06. The molecule has 0 aliphatic carbocycles. The van der Waals surface area contributed by atoms with Crippen LogP contribution in [0.25, 0.3) is 0 Å². The largest absolute Gasteiger partial charge is 0.480 e. The minimum Gasteiger partial charge on any atom is -0.480 e. The lowest BCUT2D eigenvalue weighted by Gasteiger charge is -2.15. The molecule has 0 aromatic rings. The molecule has 0 aromatic heterocycles. The van der Waals surface area contributed by atoms with Gasteiger partial charge in [-0.15, -0.1) is 0 Å². The van der Waals surface area contributed by atoms with Gasteiger partial charge in [0.2, 0.25) is 0 Å². The van der Waals surface area contributed by atoms with E-state index in [4.69, 9.17) is 16.6 Å². The van der Waals surface area contributed by atoms with Crippen molar-refractivity contribution in [3.8, 4) is 0 Å². The molecule has 0 aliphatic heterocycles. The number of rotatable bonds is 5. The zero-order valence-electron chi connectivity index (χ0n) is 7.29. The molecule has 0 saturated carbocycles. The van der Waals surface area contributed by atoms with Crippen molar-refractivity contribution in [1.82, 2.24) is 0 Å². The van der Waals surface area contributed by atoms with Crippen molar-refractivity contribution < 1.29 is 9.90 Å². The maximum Gasteiger partial charge on any atom is 0.323 e. The van der Waals surface area contributed by atoms with Crippen molar-refractivity contribution >= 4 is 5.97 Å². The van der Waals surface area contributed by atoms with Gasteiger partial charge in [0.25, 0.3) is 0 Å². The first-order valence-corrected chi connectivity index (χ1v) is 3.88. The van der Waals surface area contributed by atoms with Crippen LogP contribution in [0.5, 0.6) is 0 Å². The minimum absolute atomic E-state index is 0.336. The summed E-state index contributed by atoms with van der Waals surface area (Å²) in [7, 11) is 0. The topological polar surface area (TPSA) is 89.3 Å². The van der Waals surface area contributed by atoms with Crippen LogP contribution in [0.1, 0.15) is 19.8 Å². The highest BCUT2D eigenvalue weighted by Crippen LogP contribution is 2.06. The van der Waals surface area contributed by atoms with Crippen LogP contribution in [0, 0.1) is 0 Å². The van der Waals surface area contributed by atoms with E-state index in [-0.39, 0.29) is 0 Å². The summed E-state index contributed by atoms with van der Waals surface area (Å²) in [6.07, 6.45) is 4.69. The summed E-state index contributed by atoms with van der Waals surface area (Å²) in [4.78, 5) is 10.5. The van der Waals surface area contributed by atoms with E-state index >= 15 is 0 Å². The van der Waals surface area contributed by atoms with Crippen molar-refractivity contribution in [2.75, 3.05) is 6.54 Å². The number of carboxylic acids is 1. The Balaban J connectivity index is 3.83. The second kappa shape index (κ2) is 4.90. The van der Waals surface area contributed by atoms with Crippen LogP contribution in [0.15, 0.2) is 12.2 Å². The summed E-state index contributed by atoms with van der Waals surface area (Å²) in [5.74, 6) is -0.986. The van der Waals surface area contributed by atoms with Crippen molar-refractivity contribution in [1.29, 1.82) is 0 Å². The molecule has 5 N–H and O–H groups in total. The van der Waals surface area contributed by atoms with Crippen LogP contribution >= 0.6 is 0 Å². The fraction of sp³-hybridized carbons (Fsp3) is 0.625. The standard InChI is InChI=1S/C8H16N2O2/c1-8(10,7(11)12)5-3-2-4-6-9/h2-3H,4-6,9-10H2,1H3,(H,11,12)/b3-2+/t8-/m0/s1. The highest BCUT2D eigenvalue weighted by molar-refractivity contribution is 5.78. The molecule has 0 spiro atoms. The molecule has 1 atom stereocenters. The zero-order valence-corrected chi connectivity index (χ0v) is 7.29. The van der Waals surface area contributed by atoms with Gasteiger partial charge in [-0.3, -0.25) is 4.79 Å². The minimum atomic E-state index is -1.16. The number of hydrogen-bond acceptors (Lipinski definition) is 3. The summed E-state index contributed by atoms with van der Waals surface area (Å²) < 4.78 is 0. The smallest absolute Gasteiger partial charge is 0.323 e. The van der Waals surface area contributed by atoms with Crippen LogP contribution in [0.3, 0.4) is 0 Å². The summed E-state index contributed by atoms with van der Waals surface area (Å²) >= 11 is 0. The molecule has 0 bridgehead atoms. The molecular formula is C8H16N2O2. The van der Waals surface area contributed by atoms with E-state index in [1.54, 1.807) is 6.08 Å². The average molecular weight is 172 g/mol. The first-order valence-electron chi connectivity index (χ1n) is 3.88. The normalized spacial score (nSPS) is 16.2. The van der Waals surface area contributed by atoms with Gasteiger partial charge < -0.3 is 16.6 Å². The lowest BCUT2D eigenvalue weighted by atomic mass is 9.99. The Labute approximate surface area is 72.2 Å². The van der Waals surface area contributed by atoms with Gasteiger partial charge in [-0.2, -0.15) is 0 Å². The molecule has 70 valence electrons. The van der Waals surface area contributed by atoms with E-state index in [1.165, 1.54) is 6.92 Å². The van der Waals surface area contributed by atoms with Crippen LogP contribution in [-0.4, -0.2) is 23.2 Å². The van der Waals surface area contributed by atoms with Crippen molar-refractivity contribution in [3.63, 3.8) is 0 Å². The number of nitrogens with two attached hydrogens (primary N) is 2. The maximum atomic E-state index is 10.5. The van der Waals surface area contributed by atoms with E-state index in [9.17, 15) is 4.79 Å².